The van der Waals surface area contributed by atoms with E-state index in [0.717, 1.165) is 0 Å². The summed E-state index contributed by atoms with van der Waals surface area (Å²) in [6.45, 7) is 0.461. The Morgan fingerprint density at radius 3 is 2.75 bits per heavy atom. The number of nitrogens with one attached hydrogen (secondary N) is 1. The van der Waals surface area contributed by atoms with Crippen LogP contribution in [-0.4, -0.2) is 28.1 Å². The molecule has 0 fully saturated rings. The van der Waals surface area contributed by atoms with Gasteiger partial charge in [0.1, 0.15) is 5.69 Å². The SMILES string of the molecule is Cn1cc(NC(=O)CCCN)cc1C(=O)O. The van der Waals surface area contributed by atoms with Crippen LogP contribution < -0.4 is 11.1 Å². The molecule has 6 heteroatoms. The van der Waals surface area contributed by atoms with E-state index < -0.39 is 5.97 Å². The van der Waals surface area contributed by atoms with Crippen molar-refractivity contribution in [1.29, 1.82) is 0 Å². The molecule has 0 spiro atoms. The molecule has 0 saturated carbocycles. The van der Waals surface area contributed by atoms with Gasteiger partial charge in [-0.15, -0.1) is 0 Å². The Morgan fingerprint density at radius 1 is 1.56 bits per heavy atom. The first-order chi connectivity index (χ1) is 7.54. The molecule has 0 radical (unpaired) electrons. The summed E-state index contributed by atoms with van der Waals surface area (Å²) in [4.78, 5) is 22.1. The molecule has 4 N–H and O–H groups in total. The van der Waals surface area contributed by atoms with Crippen molar-refractivity contribution in [3.8, 4) is 0 Å². The first-order valence-electron chi connectivity index (χ1n) is 4.94. The molecule has 1 aromatic heterocycles. The van der Waals surface area contributed by atoms with E-state index in [2.05, 4.69) is 5.32 Å². The number of amides is 1. The van der Waals surface area contributed by atoms with Crippen molar-refractivity contribution in [3.05, 3.63) is 18.0 Å². The van der Waals surface area contributed by atoms with Gasteiger partial charge in [-0.05, 0) is 19.0 Å². The highest BCUT2D eigenvalue weighted by molar-refractivity contribution is 5.93. The number of hydrogen-bond acceptors (Lipinski definition) is 3. The number of carboxylic acid groups (broad SMARTS) is 1. The van der Waals surface area contributed by atoms with Crippen LogP contribution in [0.25, 0.3) is 0 Å². The fraction of sp³-hybridized carbons (Fsp3) is 0.400. The number of hydrogen-bond donors (Lipinski definition) is 3. The number of anilines is 1. The highest BCUT2D eigenvalue weighted by atomic mass is 16.4. The highest BCUT2D eigenvalue weighted by Gasteiger charge is 2.11. The van der Waals surface area contributed by atoms with Crippen LogP contribution in [0.15, 0.2) is 12.3 Å². The van der Waals surface area contributed by atoms with Crippen molar-refractivity contribution in [3.63, 3.8) is 0 Å². The highest BCUT2D eigenvalue weighted by Crippen LogP contribution is 2.13. The molecule has 6 nitrogen and oxygen atoms in total. The van der Waals surface area contributed by atoms with Crippen LogP contribution in [0.1, 0.15) is 23.3 Å². The number of carboxylic acids is 1. The average molecular weight is 225 g/mol. The standard InChI is InChI=1S/C10H15N3O3/c1-13-6-7(5-8(13)10(15)16)12-9(14)3-2-4-11/h5-6H,2-4,11H2,1H3,(H,12,14)(H,15,16). The maximum atomic E-state index is 11.3. The first-order valence-corrected chi connectivity index (χ1v) is 4.94. The minimum atomic E-state index is -1.02. The number of carbonyl (C=O) groups excluding carboxylic acids is 1. The van der Waals surface area contributed by atoms with Gasteiger partial charge in [-0.3, -0.25) is 4.79 Å². The Morgan fingerprint density at radius 2 is 2.25 bits per heavy atom. The summed E-state index contributed by atoms with van der Waals surface area (Å²) in [5.41, 5.74) is 5.90. The van der Waals surface area contributed by atoms with Gasteiger partial charge in [-0.2, -0.15) is 0 Å². The zero-order chi connectivity index (χ0) is 12.1. The van der Waals surface area contributed by atoms with Crippen LogP contribution in [0.5, 0.6) is 0 Å². The average Bonchev–Trinajstić information content (AvgIpc) is 2.56. The number of aryl methyl sites for hydroxylation is 1. The summed E-state index contributed by atoms with van der Waals surface area (Å²) in [5.74, 6) is -1.18. The third-order valence-corrected chi connectivity index (χ3v) is 2.12. The van der Waals surface area contributed by atoms with Crippen LogP contribution in [0, 0.1) is 0 Å². The number of rotatable bonds is 5. The van der Waals surface area contributed by atoms with Crippen LogP contribution in [0.3, 0.4) is 0 Å². The molecular weight excluding hydrogens is 210 g/mol. The van der Waals surface area contributed by atoms with Crippen molar-refractivity contribution < 1.29 is 14.7 Å². The molecule has 0 unspecified atom stereocenters. The molecule has 0 aliphatic carbocycles. The van der Waals surface area contributed by atoms with Gasteiger partial charge in [-0.1, -0.05) is 0 Å². The van der Waals surface area contributed by atoms with Crippen LogP contribution >= 0.6 is 0 Å². The van der Waals surface area contributed by atoms with Gasteiger partial charge in [0.15, 0.2) is 0 Å². The van der Waals surface area contributed by atoms with Gasteiger partial charge >= 0.3 is 5.97 Å². The predicted molar refractivity (Wildman–Crippen MR) is 59.3 cm³/mol. The Labute approximate surface area is 93.0 Å². The lowest BCUT2D eigenvalue weighted by molar-refractivity contribution is -0.116. The molecule has 1 aromatic rings. The zero-order valence-electron chi connectivity index (χ0n) is 9.06. The van der Waals surface area contributed by atoms with Gasteiger partial charge in [-0.25, -0.2) is 4.79 Å². The second-order valence-electron chi connectivity index (χ2n) is 3.47. The summed E-state index contributed by atoms with van der Waals surface area (Å²) >= 11 is 0. The number of carbonyl (C=O) groups is 2. The Bertz CT molecular complexity index is 398. The normalized spacial score (nSPS) is 10.1. The van der Waals surface area contributed by atoms with Gasteiger partial charge in [0.2, 0.25) is 5.91 Å². The van der Waals surface area contributed by atoms with E-state index in [1.807, 2.05) is 0 Å². The third kappa shape index (κ3) is 3.09. The molecule has 1 amide bonds. The van der Waals surface area contributed by atoms with E-state index in [9.17, 15) is 9.59 Å². The van der Waals surface area contributed by atoms with Crippen molar-refractivity contribution in [1.82, 2.24) is 4.57 Å². The van der Waals surface area contributed by atoms with Gasteiger partial charge < -0.3 is 20.7 Å². The van der Waals surface area contributed by atoms with Crippen molar-refractivity contribution >= 4 is 17.6 Å². The van der Waals surface area contributed by atoms with Crippen LogP contribution in [-0.2, 0) is 11.8 Å². The third-order valence-electron chi connectivity index (χ3n) is 2.12. The van der Waals surface area contributed by atoms with E-state index in [1.54, 1.807) is 13.2 Å². The maximum Gasteiger partial charge on any atom is 0.352 e. The molecule has 0 aliphatic rings. The van der Waals surface area contributed by atoms with Crippen LogP contribution in [0.2, 0.25) is 0 Å². The topological polar surface area (TPSA) is 97.4 Å². The molecule has 0 aliphatic heterocycles. The molecule has 1 heterocycles. The van der Waals surface area contributed by atoms with Gasteiger partial charge in [0.25, 0.3) is 0 Å². The van der Waals surface area contributed by atoms with Crippen LogP contribution in [0.4, 0.5) is 5.69 Å². The molecule has 1 rings (SSSR count). The van der Waals surface area contributed by atoms with Gasteiger partial charge in [0.05, 0.1) is 5.69 Å². The minimum Gasteiger partial charge on any atom is -0.477 e. The van der Waals surface area contributed by atoms with Crippen molar-refractivity contribution in [2.45, 2.75) is 12.8 Å². The molecule has 0 aromatic carbocycles. The number of aromatic nitrogens is 1. The Kier molecular flexibility index (Phi) is 4.07. The molecule has 16 heavy (non-hydrogen) atoms. The lowest BCUT2D eigenvalue weighted by Crippen LogP contribution is -2.12. The monoisotopic (exact) mass is 225 g/mol. The fourth-order valence-corrected chi connectivity index (χ4v) is 1.33. The number of aromatic carboxylic acids is 1. The summed E-state index contributed by atoms with van der Waals surface area (Å²) in [6.07, 6.45) is 2.52. The maximum absolute atomic E-state index is 11.3. The minimum absolute atomic E-state index is 0.133. The Balaban J connectivity index is 2.64. The molecule has 0 saturated heterocycles. The lowest BCUT2D eigenvalue weighted by Gasteiger charge is -2.00. The molecular formula is C10H15N3O3. The predicted octanol–water partition coefficient (Wildman–Crippen LogP) is 0.401. The quantitative estimate of drug-likeness (QED) is 0.675. The summed E-state index contributed by atoms with van der Waals surface area (Å²) in [5, 5.41) is 11.4. The zero-order valence-corrected chi connectivity index (χ0v) is 9.06. The van der Waals surface area contributed by atoms with E-state index in [1.165, 1.54) is 10.6 Å². The smallest absolute Gasteiger partial charge is 0.352 e. The van der Waals surface area contributed by atoms with E-state index >= 15 is 0 Å². The summed E-state index contributed by atoms with van der Waals surface area (Å²) < 4.78 is 1.45. The molecule has 0 atom stereocenters. The fourth-order valence-electron chi connectivity index (χ4n) is 1.33. The van der Waals surface area contributed by atoms with E-state index in [0.29, 0.717) is 25.1 Å². The summed E-state index contributed by atoms with van der Waals surface area (Å²) in [7, 11) is 1.61. The number of nitrogens with zero attached hydrogens (tertiary/aromatic N) is 1. The van der Waals surface area contributed by atoms with Gasteiger partial charge in [0, 0.05) is 19.7 Å². The summed E-state index contributed by atoms with van der Waals surface area (Å²) in [6, 6.07) is 1.42. The first kappa shape index (κ1) is 12.3. The van der Waals surface area contributed by atoms with E-state index in [4.69, 9.17) is 10.8 Å². The molecule has 0 bridgehead atoms. The lowest BCUT2D eigenvalue weighted by atomic mass is 10.3. The second-order valence-corrected chi connectivity index (χ2v) is 3.47. The largest absolute Gasteiger partial charge is 0.477 e. The van der Waals surface area contributed by atoms with Crippen molar-refractivity contribution in [2.24, 2.45) is 12.8 Å². The second kappa shape index (κ2) is 5.32. The van der Waals surface area contributed by atoms with E-state index in [-0.39, 0.29) is 11.6 Å². The number of nitrogens with two attached hydrogens (primary N) is 1. The Hall–Kier alpha value is -1.82. The molecule has 88 valence electrons. The van der Waals surface area contributed by atoms with Crippen molar-refractivity contribution in [2.75, 3.05) is 11.9 Å².